The van der Waals surface area contributed by atoms with Gasteiger partial charge in [-0.3, -0.25) is 0 Å². The number of carbonyl (C=O) groups excluding carboxylic acids is 2. The van der Waals surface area contributed by atoms with Crippen molar-refractivity contribution < 1.29 is 29.3 Å². The van der Waals surface area contributed by atoms with Crippen molar-refractivity contribution in [3.8, 4) is 0 Å². The van der Waals surface area contributed by atoms with E-state index < -0.39 is 23.5 Å². The summed E-state index contributed by atoms with van der Waals surface area (Å²) < 4.78 is 9.60. The van der Waals surface area contributed by atoms with E-state index in [-0.39, 0.29) is 0 Å². The normalized spacial score (nSPS) is 24.7. The molecule has 0 aromatic rings. The fourth-order valence-electron chi connectivity index (χ4n) is 2.66. The minimum Gasteiger partial charge on any atom is -0.425 e. The van der Waals surface area contributed by atoms with Crippen LogP contribution in [0.25, 0.3) is 0 Å². The van der Waals surface area contributed by atoms with Crippen LogP contribution in [0.3, 0.4) is 0 Å². The van der Waals surface area contributed by atoms with E-state index in [4.69, 9.17) is 9.47 Å². The molecule has 2 saturated carbocycles. The first-order valence-electron chi connectivity index (χ1n) is 6.84. The number of esters is 2. The Balaban J connectivity index is 1.86. The highest BCUT2D eigenvalue weighted by molar-refractivity contribution is 6.29. The molecular weight excluding hydrogens is 252 g/mol. The monoisotopic (exact) mass is 272 g/mol. The van der Waals surface area contributed by atoms with E-state index in [1.165, 1.54) is 0 Å². The lowest BCUT2D eigenvalue weighted by molar-refractivity contribution is -0.237. The van der Waals surface area contributed by atoms with Crippen molar-refractivity contribution in [2.75, 3.05) is 0 Å². The third-order valence-corrected chi connectivity index (χ3v) is 3.75. The second kappa shape index (κ2) is 5.46. The SMILES string of the molecule is O=C(OC1(O)CCCCC1)C(=O)OC1(O)CCCC1. The van der Waals surface area contributed by atoms with E-state index in [0.717, 1.165) is 32.1 Å². The number of ether oxygens (including phenoxy) is 2. The molecule has 0 bridgehead atoms. The van der Waals surface area contributed by atoms with Gasteiger partial charge in [0.25, 0.3) is 0 Å². The van der Waals surface area contributed by atoms with Crippen molar-refractivity contribution in [2.24, 2.45) is 0 Å². The minimum absolute atomic E-state index is 0.330. The molecule has 0 saturated heterocycles. The van der Waals surface area contributed by atoms with E-state index in [1.807, 2.05) is 0 Å². The zero-order chi connectivity index (χ0) is 13.9. The second-order valence-corrected chi connectivity index (χ2v) is 5.44. The molecule has 0 unspecified atom stereocenters. The summed E-state index contributed by atoms with van der Waals surface area (Å²) in [6.07, 6.45) is 5.31. The maximum Gasteiger partial charge on any atom is 0.420 e. The smallest absolute Gasteiger partial charge is 0.420 e. The summed E-state index contributed by atoms with van der Waals surface area (Å²) in [6.45, 7) is 0. The molecule has 6 heteroatoms. The van der Waals surface area contributed by atoms with Gasteiger partial charge in [-0.05, 0) is 25.7 Å². The van der Waals surface area contributed by atoms with Gasteiger partial charge in [-0.2, -0.15) is 0 Å². The maximum atomic E-state index is 11.6. The molecule has 0 heterocycles. The Bertz CT molecular complexity index is 352. The number of hydrogen-bond acceptors (Lipinski definition) is 6. The van der Waals surface area contributed by atoms with E-state index in [1.54, 1.807) is 0 Å². The van der Waals surface area contributed by atoms with Crippen LogP contribution in [0.4, 0.5) is 0 Å². The Kier molecular flexibility index (Phi) is 4.10. The van der Waals surface area contributed by atoms with E-state index in [2.05, 4.69) is 0 Å². The summed E-state index contributed by atoms with van der Waals surface area (Å²) in [6, 6.07) is 0. The topological polar surface area (TPSA) is 93.1 Å². The first kappa shape index (κ1) is 14.3. The molecular formula is C13H20O6. The first-order valence-corrected chi connectivity index (χ1v) is 6.84. The highest BCUT2D eigenvalue weighted by Crippen LogP contribution is 2.32. The number of aliphatic hydroxyl groups is 2. The third-order valence-electron chi connectivity index (χ3n) is 3.75. The molecule has 0 aromatic carbocycles. The summed E-state index contributed by atoms with van der Waals surface area (Å²) in [7, 11) is 0. The Labute approximate surface area is 111 Å². The standard InChI is InChI=1S/C13H20O6/c14-10(18-12(16)6-2-1-3-7-12)11(15)19-13(17)8-4-5-9-13/h16-17H,1-9H2. The molecule has 0 atom stereocenters. The van der Waals surface area contributed by atoms with Gasteiger partial charge in [0.1, 0.15) is 0 Å². The van der Waals surface area contributed by atoms with Crippen LogP contribution in [0.2, 0.25) is 0 Å². The lowest BCUT2D eigenvalue weighted by atomic mass is 9.94. The van der Waals surface area contributed by atoms with Gasteiger partial charge in [-0.1, -0.05) is 6.42 Å². The molecule has 0 aromatic heterocycles. The molecule has 2 aliphatic carbocycles. The summed E-state index contributed by atoms with van der Waals surface area (Å²) in [5, 5.41) is 19.9. The Morgan fingerprint density at radius 3 is 1.37 bits per heavy atom. The van der Waals surface area contributed by atoms with Crippen LogP contribution in [-0.4, -0.2) is 33.7 Å². The molecule has 0 aliphatic heterocycles. The minimum atomic E-state index is -1.56. The van der Waals surface area contributed by atoms with Crippen LogP contribution < -0.4 is 0 Å². The van der Waals surface area contributed by atoms with Crippen molar-refractivity contribution >= 4 is 11.9 Å². The number of rotatable bonds is 2. The maximum absolute atomic E-state index is 11.6. The largest absolute Gasteiger partial charge is 0.425 e. The molecule has 0 amide bonds. The van der Waals surface area contributed by atoms with Crippen LogP contribution in [0.5, 0.6) is 0 Å². The van der Waals surface area contributed by atoms with Crippen molar-refractivity contribution in [3.05, 3.63) is 0 Å². The molecule has 19 heavy (non-hydrogen) atoms. The fourth-order valence-corrected chi connectivity index (χ4v) is 2.66. The number of hydrogen-bond donors (Lipinski definition) is 2. The van der Waals surface area contributed by atoms with Crippen molar-refractivity contribution in [3.63, 3.8) is 0 Å². The average molecular weight is 272 g/mol. The molecule has 6 nitrogen and oxygen atoms in total. The summed E-state index contributed by atoms with van der Waals surface area (Å²) in [5.74, 6) is -5.58. The zero-order valence-corrected chi connectivity index (χ0v) is 10.9. The molecule has 0 radical (unpaired) electrons. The lowest BCUT2D eigenvalue weighted by Gasteiger charge is -2.31. The van der Waals surface area contributed by atoms with Gasteiger partial charge >= 0.3 is 11.9 Å². The number of carbonyl (C=O) groups is 2. The van der Waals surface area contributed by atoms with E-state index >= 15 is 0 Å². The van der Waals surface area contributed by atoms with E-state index in [0.29, 0.717) is 25.7 Å². The molecule has 2 fully saturated rings. The predicted molar refractivity (Wildman–Crippen MR) is 63.6 cm³/mol. The highest BCUT2D eigenvalue weighted by Gasteiger charge is 2.40. The van der Waals surface area contributed by atoms with Crippen LogP contribution >= 0.6 is 0 Å². The molecule has 2 N–H and O–H groups in total. The van der Waals surface area contributed by atoms with Crippen LogP contribution in [0, 0.1) is 0 Å². The summed E-state index contributed by atoms with van der Waals surface area (Å²) in [4.78, 5) is 23.1. The Hall–Kier alpha value is -1.14. The van der Waals surface area contributed by atoms with Gasteiger partial charge in [0.15, 0.2) is 0 Å². The molecule has 0 spiro atoms. The molecule has 2 rings (SSSR count). The van der Waals surface area contributed by atoms with Crippen molar-refractivity contribution in [1.29, 1.82) is 0 Å². The first-order chi connectivity index (χ1) is 8.93. The highest BCUT2D eigenvalue weighted by atomic mass is 16.7. The van der Waals surface area contributed by atoms with Gasteiger partial charge in [-0.25, -0.2) is 9.59 Å². The summed E-state index contributed by atoms with van der Waals surface area (Å²) in [5.41, 5.74) is 0. The van der Waals surface area contributed by atoms with Gasteiger partial charge in [0, 0.05) is 25.7 Å². The van der Waals surface area contributed by atoms with Crippen LogP contribution in [-0.2, 0) is 19.1 Å². The lowest BCUT2D eigenvalue weighted by Crippen LogP contribution is -2.42. The second-order valence-electron chi connectivity index (χ2n) is 5.44. The van der Waals surface area contributed by atoms with Crippen LogP contribution in [0.1, 0.15) is 57.8 Å². The third kappa shape index (κ3) is 3.67. The van der Waals surface area contributed by atoms with Gasteiger partial charge < -0.3 is 19.7 Å². The average Bonchev–Trinajstić information content (AvgIpc) is 2.76. The summed E-state index contributed by atoms with van der Waals surface area (Å²) >= 11 is 0. The van der Waals surface area contributed by atoms with E-state index in [9.17, 15) is 19.8 Å². The van der Waals surface area contributed by atoms with Gasteiger partial charge in [0.05, 0.1) is 0 Å². The molecule has 2 aliphatic rings. The molecule has 108 valence electrons. The van der Waals surface area contributed by atoms with Crippen LogP contribution in [0.15, 0.2) is 0 Å². The quantitative estimate of drug-likeness (QED) is 0.442. The zero-order valence-electron chi connectivity index (χ0n) is 10.9. The van der Waals surface area contributed by atoms with Gasteiger partial charge in [-0.15, -0.1) is 0 Å². The predicted octanol–water partition coefficient (Wildman–Crippen LogP) is 0.988. The van der Waals surface area contributed by atoms with Crippen molar-refractivity contribution in [2.45, 2.75) is 69.4 Å². The fraction of sp³-hybridized carbons (Fsp3) is 0.846. The van der Waals surface area contributed by atoms with Crippen molar-refractivity contribution in [1.82, 2.24) is 0 Å². The van der Waals surface area contributed by atoms with Gasteiger partial charge in [0.2, 0.25) is 11.6 Å². The Morgan fingerprint density at radius 1 is 0.684 bits per heavy atom. The Morgan fingerprint density at radius 2 is 1.00 bits per heavy atom.